The number of nitrogens with two attached hydrogens (primary N) is 6. The van der Waals surface area contributed by atoms with Crippen molar-refractivity contribution < 1.29 is 43.2 Å². The van der Waals surface area contributed by atoms with Crippen LogP contribution in [0.4, 0.5) is 0 Å². The van der Waals surface area contributed by atoms with Crippen LogP contribution < -0.4 is 76.9 Å². The minimum Gasteiger partial charge on any atom is -0.370 e. The topological polar surface area (TPSA) is 446 Å². The van der Waals surface area contributed by atoms with E-state index >= 15 is 0 Å². The summed E-state index contributed by atoms with van der Waals surface area (Å²) < 4.78 is 0. The van der Waals surface area contributed by atoms with Gasteiger partial charge in [-0.25, -0.2) is 0 Å². The Hall–Kier alpha value is -8.29. The van der Waals surface area contributed by atoms with Crippen molar-refractivity contribution in [3.63, 3.8) is 0 Å². The number of aliphatic imine (C=N–C) groups is 2. The van der Waals surface area contributed by atoms with Gasteiger partial charge in [0.15, 0.2) is 11.9 Å². The zero-order chi connectivity index (χ0) is 54.6. The molecule has 74 heavy (non-hydrogen) atoms. The fraction of sp³-hybridized carbons (Fsp3) is 0.479. The molecule has 1 aromatic heterocycles. The summed E-state index contributed by atoms with van der Waals surface area (Å²) in [5, 5.41) is 21.7. The number of hydrogen-bond donors (Lipinski definition) is 15. The third-order valence-electron chi connectivity index (χ3n) is 11.3. The molecule has 0 bridgehead atoms. The third-order valence-corrected chi connectivity index (χ3v) is 11.3. The average molecular weight is 1030 g/mol. The number of carbonyl (C=O) groups is 9. The van der Waals surface area contributed by atoms with Crippen molar-refractivity contribution >= 4 is 76.0 Å². The first-order chi connectivity index (χ1) is 35.3. The van der Waals surface area contributed by atoms with Crippen LogP contribution in [0.1, 0.15) is 76.3 Å². The molecule has 9 amide bonds. The van der Waals surface area contributed by atoms with Crippen LogP contribution in [0, 0.1) is 0 Å². The van der Waals surface area contributed by atoms with Crippen LogP contribution in [0.25, 0.3) is 10.9 Å². The molecule has 1 saturated heterocycles. The first kappa shape index (κ1) is 60.0. The molecule has 2 aromatic carbocycles. The second kappa shape index (κ2) is 31.9. The molecular formula is C48H73N17O9. The third kappa shape index (κ3) is 22.0. The summed E-state index contributed by atoms with van der Waals surface area (Å²) in [6.45, 7) is 3.37. The second-order valence-electron chi connectivity index (χ2n) is 17.4. The van der Waals surface area contributed by atoms with Gasteiger partial charge in [-0.2, -0.15) is 0 Å². The maximum atomic E-state index is 14.4. The van der Waals surface area contributed by atoms with Gasteiger partial charge in [-0.15, -0.1) is 0 Å². The molecule has 0 spiro atoms. The number of amides is 9. The number of nitrogens with zero attached hydrogens (tertiary/aromatic N) is 2. The lowest BCUT2D eigenvalue weighted by atomic mass is 10.0. The number of fused-ring (bicyclic) bond motifs is 1. The highest BCUT2D eigenvalue weighted by molar-refractivity contribution is 5.98. The summed E-state index contributed by atoms with van der Waals surface area (Å²) in [5.74, 6) is -6.67. The summed E-state index contributed by atoms with van der Waals surface area (Å²) in [7, 11) is 0. The molecule has 0 saturated carbocycles. The van der Waals surface area contributed by atoms with Crippen LogP contribution in [-0.4, -0.2) is 139 Å². The number of para-hydroxylation sites is 1. The lowest BCUT2D eigenvalue weighted by Gasteiger charge is -2.27. The summed E-state index contributed by atoms with van der Waals surface area (Å²) in [6, 6.07) is 8.01. The molecule has 4 rings (SSSR count). The van der Waals surface area contributed by atoms with E-state index in [1.54, 1.807) is 42.6 Å². The fourth-order valence-corrected chi connectivity index (χ4v) is 7.51. The van der Waals surface area contributed by atoms with Gasteiger partial charge in [0, 0.05) is 62.9 Å². The van der Waals surface area contributed by atoms with E-state index in [4.69, 9.17) is 34.4 Å². The van der Waals surface area contributed by atoms with E-state index in [-0.39, 0.29) is 89.3 Å². The normalized spacial score (nSPS) is 20.5. The van der Waals surface area contributed by atoms with Crippen molar-refractivity contribution in [3.8, 4) is 0 Å². The monoisotopic (exact) mass is 1030 g/mol. The first-order valence-electron chi connectivity index (χ1n) is 24.3. The van der Waals surface area contributed by atoms with E-state index < -0.39 is 96.0 Å². The van der Waals surface area contributed by atoms with Crippen LogP contribution in [0.15, 0.2) is 70.8 Å². The van der Waals surface area contributed by atoms with Gasteiger partial charge in [0.05, 0.1) is 6.54 Å². The summed E-state index contributed by atoms with van der Waals surface area (Å²) in [5.41, 5.74) is 34.7. The number of primary amides is 1. The van der Waals surface area contributed by atoms with E-state index in [1.165, 1.54) is 6.92 Å². The van der Waals surface area contributed by atoms with E-state index in [9.17, 15) is 43.2 Å². The highest BCUT2D eigenvalue weighted by Gasteiger charge is 2.34. The van der Waals surface area contributed by atoms with Gasteiger partial charge in [0.25, 0.3) is 0 Å². The van der Waals surface area contributed by atoms with Crippen LogP contribution in [0.5, 0.6) is 0 Å². The van der Waals surface area contributed by atoms with Crippen LogP contribution in [0.3, 0.4) is 0 Å². The van der Waals surface area contributed by atoms with E-state index in [2.05, 4.69) is 57.5 Å². The van der Waals surface area contributed by atoms with Gasteiger partial charge in [0.1, 0.15) is 36.3 Å². The van der Waals surface area contributed by atoms with Gasteiger partial charge in [0.2, 0.25) is 53.2 Å². The van der Waals surface area contributed by atoms with Gasteiger partial charge >= 0.3 is 0 Å². The Balaban J connectivity index is 0.00000192. The SMILES string of the molecule is CC(=O)NCC(=O)NC1CCCC(=O)NCCC(C(N)=O)NC(=O)[C@H](Cc2c[nH]c3ccccc23)NC(=O)[C@H](CCCN=C(N)N)NC(=O)C(Cc2ccccc2)NC(=O)[C@H](CCN)NC1=O.CCCN=C(N)N. The Morgan fingerprint density at radius 2 is 1.27 bits per heavy atom. The molecule has 21 N–H and O–H groups in total. The van der Waals surface area contributed by atoms with Gasteiger partial charge in [-0.05, 0) is 68.7 Å². The predicted molar refractivity (Wildman–Crippen MR) is 278 cm³/mol. The Kier molecular flexibility index (Phi) is 25.9. The molecule has 26 heteroatoms. The second-order valence-corrected chi connectivity index (χ2v) is 17.4. The van der Waals surface area contributed by atoms with Gasteiger partial charge < -0.3 is 81.9 Å². The van der Waals surface area contributed by atoms with Crippen molar-refractivity contribution in [2.75, 3.05) is 32.7 Å². The minimum atomic E-state index is -1.35. The molecule has 3 aromatic rings. The molecule has 3 unspecified atom stereocenters. The van der Waals surface area contributed by atoms with Crippen molar-refractivity contribution in [2.45, 2.75) is 114 Å². The number of carbonyl (C=O) groups excluding carboxylic acids is 9. The van der Waals surface area contributed by atoms with E-state index in [0.29, 0.717) is 11.1 Å². The average Bonchev–Trinajstić information content (AvgIpc) is 3.77. The number of aromatic nitrogens is 1. The maximum Gasteiger partial charge on any atom is 0.243 e. The predicted octanol–water partition coefficient (Wildman–Crippen LogP) is -3.75. The molecule has 6 atom stereocenters. The standard InChI is InChI=1S/C44H62N14O9.C4H11N3/c1-25(59)51-24-37(61)53-31-13-7-15-36(60)49-20-17-30(38(46)62)54-43(67)35(22-27-23-52-29-12-6-5-11-28(27)29)58-40(64)32(14-8-19-50-44(47)48)55-42(66)34(21-26-9-3-2-4-10-26)57-41(65)33(16-18-45)56-39(31)63;1-2-3-7-4(5)6/h2-6,9-12,23,30-35,52H,7-8,13-22,24,45H2,1H3,(H2,46,62)(H,49,60)(H,51,59)(H,53,61)(H,54,67)(H,55,66)(H,56,63)(H,57,65)(H,58,64)(H4,47,48,50);2-3H2,1H3,(H4,5,6,7)/t30?,31?,32-,33-,34?,35-;/m0./s1. The minimum absolute atomic E-state index is 0.0493. The van der Waals surface area contributed by atoms with Crippen molar-refractivity contribution in [1.82, 2.24) is 47.5 Å². The summed E-state index contributed by atoms with van der Waals surface area (Å²) >= 11 is 0. The number of hydrogen-bond acceptors (Lipinski definition) is 12. The molecule has 0 radical (unpaired) electrons. The highest BCUT2D eigenvalue weighted by atomic mass is 16.2. The largest absolute Gasteiger partial charge is 0.370 e. The Morgan fingerprint density at radius 1 is 0.689 bits per heavy atom. The lowest BCUT2D eigenvalue weighted by molar-refractivity contribution is -0.135. The number of rotatable bonds is 16. The zero-order valence-corrected chi connectivity index (χ0v) is 41.9. The van der Waals surface area contributed by atoms with E-state index in [1.807, 2.05) is 25.1 Å². The molecule has 404 valence electrons. The molecule has 2 heterocycles. The van der Waals surface area contributed by atoms with Gasteiger partial charge in [-0.1, -0.05) is 55.5 Å². The van der Waals surface area contributed by atoms with Crippen molar-refractivity contribution in [3.05, 3.63) is 71.9 Å². The number of H-pyrrole nitrogens is 1. The summed E-state index contributed by atoms with van der Waals surface area (Å²) in [4.78, 5) is 132. The number of benzene rings is 2. The van der Waals surface area contributed by atoms with E-state index in [0.717, 1.165) is 23.9 Å². The number of nitrogens with one attached hydrogen (secondary N) is 9. The maximum absolute atomic E-state index is 14.4. The van der Waals surface area contributed by atoms with Crippen LogP contribution >= 0.6 is 0 Å². The molecule has 0 aliphatic carbocycles. The molecule has 1 fully saturated rings. The number of aromatic amines is 1. The van der Waals surface area contributed by atoms with Gasteiger partial charge in [-0.3, -0.25) is 53.1 Å². The molecule has 26 nitrogen and oxygen atoms in total. The van der Waals surface area contributed by atoms with Crippen LogP contribution in [-0.2, 0) is 56.0 Å². The Morgan fingerprint density at radius 3 is 1.89 bits per heavy atom. The quantitative estimate of drug-likeness (QED) is 0.0373. The lowest BCUT2D eigenvalue weighted by Crippen LogP contribution is -2.60. The van der Waals surface area contributed by atoms with Crippen LogP contribution in [0.2, 0.25) is 0 Å². The highest BCUT2D eigenvalue weighted by Crippen LogP contribution is 2.20. The Labute approximate surface area is 428 Å². The smallest absolute Gasteiger partial charge is 0.243 e. The molecular weight excluding hydrogens is 959 g/mol. The fourth-order valence-electron chi connectivity index (χ4n) is 7.51. The Bertz CT molecular complexity index is 2420. The first-order valence-corrected chi connectivity index (χ1v) is 24.3. The van der Waals surface area contributed by atoms with Crippen molar-refractivity contribution in [2.24, 2.45) is 44.4 Å². The van der Waals surface area contributed by atoms with Crippen molar-refractivity contribution in [1.29, 1.82) is 0 Å². The number of guanidine groups is 2. The molecule has 1 aliphatic rings. The zero-order valence-electron chi connectivity index (χ0n) is 41.9. The summed E-state index contributed by atoms with van der Waals surface area (Å²) in [6.07, 6.45) is 2.23. The molecule has 1 aliphatic heterocycles.